The van der Waals surface area contributed by atoms with Gasteiger partial charge in [-0.3, -0.25) is 0 Å². The van der Waals surface area contributed by atoms with E-state index in [-0.39, 0.29) is 0 Å². The third kappa shape index (κ3) is 5.81. The fourth-order valence-corrected chi connectivity index (χ4v) is 7.70. The Morgan fingerprint density at radius 1 is 0.278 bits per heavy atom. The molecule has 0 spiro atoms. The molecule has 2 heteroatoms. The summed E-state index contributed by atoms with van der Waals surface area (Å²) in [6.45, 7) is 0. The zero-order chi connectivity index (χ0) is 35.8. The second-order valence-electron chi connectivity index (χ2n) is 13.8. The summed E-state index contributed by atoms with van der Waals surface area (Å²) in [5.41, 5.74) is 14.5. The number of fused-ring (bicyclic) bond motifs is 5. The molecule has 0 aliphatic rings. The molecule has 0 radical (unpaired) electrons. The van der Waals surface area contributed by atoms with E-state index in [2.05, 4.69) is 217 Å². The predicted molar refractivity (Wildman–Crippen MR) is 228 cm³/mol. The van der Waals surface area contributed by atoms with E-state index >= 15 is 0 Å². The number of furan rings is 1. The van der Waals surface area contributed by atoms with Crippen LogP contribution in [0.25, 0.3) is 77.2 Å². The van der Waals surface area contributed by atoms with E-state index in [0.717, 1.165) is 39.0 Å². The summed E-state index contributed by atoms with van der Waals surface area (Å²) < 4.78 is 6.64. The van der Waals surface area contributed by atoms with Gasteiger partial charge in [0.1, 0.15) is 11.2 Å². The van der Waals surface area contributed by atoms with Crippen LogP contribution >= 0.6 is 0 Å². The van der Waals surface area contributed by atoms with Gasteiger partial charge in [-0.15, -0.1) is 0 Å². The van der Waals surface area contributed by atoms with Crippen LogP contribution in [0.1, 0.15) is 0 Å². The van der Waals surface area contributed by atoms with Crippen molar-refractivity contribution in [2.75, 3.05) is 4.90 Å². The molecule has 0 unspecified atom stereocenters. The summed E-state index contributed by atoms with van der Waals surface area (Å²) in [7, 11) is 0. The summed E-state index contributed by atoms with van der Waals surface area (Å²) in [5, 5.41) is 4.65. The summed E-state index contributed by atoms with van der Waals surface area (Å²) in [6.07, 6.45) is 0. The Bertz CT molecular complexity index is 2880. The molecule has 10 aromatic rings. The standard InChI is InChI=1S/C52H35NO/c1-4-10-36(11-5-1)39-16-18-40(19-17-39)42-24-29-46(30-25-42)53(45-27-22-41(23-28-45)37-12-6-2-7-13-37)47-31-32-48-51(35-47)54-50-33-26-43-20-21-44(34-49(43)52(48)50)38-14-8-3-9-15-38/h1-35H. The lowest BCUT2D eigenvalue weighted by molar-refractivity contribution is 0.669. The Morgan fingerprint density at radius 3 is 1.20 bits per heavy atom. The Labute approximate surface area is 314 Å². The number of anilines is 3. The van der Waals surface area contributed by atoms with Crippen LogP contribution in [-0.2, 0) is 0 Å². The van der Waals surface area contributed by atoms with E-state index in [1.165, 1.54) is 55.3 Å². The second kappa shape index (κ2) is 13.4. The zero-order valence-corrected chi connectivity index (χ0v) is 29.6. The van der Waals surface area contributed by atoms with Crippen molar-refractivity contribution in [3.8, 4) is 44.5 Å². The molecule has 9 aromatic carbocycles. The van der Waals surface area contributed by atoms with E-state index < -0.39 is 0 Å². The molecule has 1 aromatic heterocycles. The molecule has 0 atom stereocenters. The number of benzene rings is 9. The van der Waals surface area contributed by atoms with Crippen molar-refractivity contribution in [2.45, 2.75) is 0 Å². The van der Waals surface area contributed by atoms with Gasteiger partial charge in [-0.05, 0) is 104 Å². The Balaban J connectivity index is 1.06. The maximum atomic E-state index is 6.64. The van der Waals surface area contributed by atoms with Gasteiger partial charge in [0.05, 0.1) is 0 Å². The van der Waals surface area contributed by atoms with Gasteiger partial charge >= 0.3 is 0 Å². The van der Waals surface area contributed by atoms with Gasteiger partial charge in [-0.1, -0.05) is 158 Å². The van der Waals surface area contributed by atoms with Crippen LogP contribution in [0.5, 0.6) is 0 Å². The van der Waals surface area contributed by atoms with Crippen molar-refractivity contribution in [1.82, 2.24) is 0 Å². The highest BCUT2D eigenvalue weighted by molar-refractivity contribution is 6.19. The van der Waals surface area contributed by atoms with E-state index in [4.69, 9.17) is 4.42 Å². The highest BCUT2D eigenvalue weighted by Gasteiger charge is 2.17. The third-order valence-electron chi connectivity index (χ3n) is 10.5. The zero-order valence-electron chi connectivity index (χ0n) is 29.6. The number of hydrogen-bond acceptors (Lipinski definition) is 2. The number of nitrogens with zero attached hydrogens (tertiary/aromatic N) is 1. The number of hydrogen-bond donors (Lipinski definition) is 0. The molecular formula is C52H35NO. The average molecular weight is 690 g/mol. The van der Waals surface area contributed by atoms with Gasteiger partial charge in [0.2, 0.25) is 0 Å². The quantitative estimate of drug-likeness (QED) is 0.166. The fraction of sp³-hybridized carbons (Fsp3) is 0. The first kappa shape index (κ1) is 31.6. The summed E-state index contributed by atoms with van der Waals surface area (Å²) in [4.78, 5) is 2.31. The van der Waals surface area contributed by atoms with Crippen LogP contribution in [0, 0.1) is 0 Å². The molecule has 0 saturated heterocycles. The van der Waals surface area contributed by atoms with Crippen LogP contribution < -0.4 is 4.90 Å². The Morgan fingerprint density at radius 2 is 0.685 bits per heavy atom. The van der Waals surface area contributed by atoms with Crippen LogP contribution in [0.15, 0.2) is 217 Å². The van der Waals surface area contributed by atoms with Gasteiger partial charge < -0.3 is 9.32 Å². The van der Waals surface area contributed by atoms with Crippen molar-refractivity contribution in [3.63, 3.8) is 0 Å². The lowest BCUT2D eigenvalue weighted by atomic mass is 9.98. The lowest BCUT2D eigenvalue weighted by Gasteiger charge is -2.26. The molecule has 1 heterocycles. The van der Waals surface area contributed by atoms with Crippen LogP contribution in [0.2, 0.25) is 0 Å². The van der Waals surface area contributed by atoms with Crippen LogP contribution in [-0.4, -0.2) is 0 Å². The van der Waals surface area contributed by atoms with Crippen molar-refractivity contribution in [2.24, 2.45) is 0 Å². The molecule has 0 fully saturated rings. The largest absolute Gasteiger partial charge is 0.456 e. The van der Waals surface area contributed by atoms with Crippen LogP contribution in [0.3, 0.4) is 0 Å². The monoisotopic (exact) mass is 689 g/mol. The van der Waals surface area contributed by atoms with Crippen molar-refractivity contribution >= 4 is 49.8 Å². The molecule has 0 N–H and O–H groups in total. The molecule has 0 bridgehead atoms. The SMILES string of the molecule is c1ccc(-c2ccc(-c3ccc(N(c4ccc(-c5ccccc5)cc4)c4ccc5c(c4)oc4ccc6ccc(-c7ccccc7)cc6c45)cc3)cc2)cc1. The maximum Gasteiger partial charge on any atom is 0.137 e. The van der Waals surface area contributed by atoms with E-state index in [1.54, 1.807) is 0 Å². The predicted octanol–water partition coefficient (Wildman–Crippen LogP) is 14.9. The molecule has 254 valence electrons. The van der Waals surface area contributed by atoms with E-state index in [0.29, 0.717) is 0 Å². The molecule has 2 nitrogen and oxygen atoms in total. The van der Waals surface area contributed by atoms with Gasteiger partial charge in [0, 0.05) is 33.9 Å². The average Bonchev–Trinajstić information content (AvgIpc) is 3.64. The minimum Gasteiger partial charge on any atom is -0.456 e. The topological polar surface area (TPSA) is 16.4 Å². The molecule has 0 aliphatic heterocycles. The highest BCUT2D eigenvalue weighted by atomic mass is 16.3. The minimum atomic E-state index is 0.862. The van der Waals surface area contributed by atoms with E-state index in [9.17, 15) is 0 Å². The first-order valence-corrected chi connectivity index (χ1v) is 18.4. The molecule has 0 saturated carbocycles. The molecule has 0 aliphatic carbocycles. The molecule has 10 rings (SSSR count). The van der Waals surface area contributed by atoms with Crippen LogP contribution in [0.4, 0.5) is 17.1 Å². The van der Waals surface area contributed by atoms with Gasteiger partial charge in [-0.2, -0.15) is 0 Å². The van der Waals surface area contributed by atoms with Gasteiger partial charge in [0.15, 0.2) is 0 Å². The van der Waals surface area contributed by atoms with Crippen molar-refractivity contribution in [1.29, 1.82) is 0 Å². The maximum absolute atomic E-state index is 6.64. The van der Waals surface area contributed by atoms with Gasteiger partial charge in [0.25, 0.3) is 0 Å². The van der Waals surface area contributed by atoms with Crippen molar-refractivity contribution < 1.29 is 4.42 Å². The summed E-state index contributed by atoms with van der Waals surface area (Å²) >= 11 is 0. The third-order valence-corrected chi connectivity index (χ3v) is 10.5. The first-order valence-electron chi connectivity index (χ1n) is 18.4. The second-order valence-corrected chi connectivity index (χ2v) is 13.8. The smallest absolute Gasteiger partial charge is 0.137 e. The highest BCUT2D eigenvalue weighted by Crippen LogP contribution is 2.42. The molecule has 54 heavy (non-hydrogen) atoms. The minimum absolute atomic E-state index is 0.862. The normalized spacial score (nSPS) is 11.3. The summed E-state index contributed by atoms with van der Waals surface area (Å²) in [5.74, 6) is 0. The Hall–Kier alpha value is -7.16. The fourth-order valence-electron chi connectivity index (χ4n) is 7.70. The Kier molecular flexibility index (Phi) is 7.85. The van der Waals surface area contributed by atoms with Crippen molar-refractivity contribution in [3.05, 3.63) is 212 Å². The molecule has 0 amide bonds. The lowest BCUT2D eigenvalue weighted by Crippen LogP contribution is -2.09. The van der Waals surface area contributed by atoms with E-state index in [1.807, 2.05) is 0 Å². The summed E-state index contributed by atoms with van der Waals surface area (Å²) in [6, 6.07) is 75.7. The first-order chi connectivity index (χ1) is 26.7. The molecular weight excluding hydrogens is 655 g/mol. The number of rotatable bonds is 7. The van der Waals surface area contributed by atoms with Gasteiger partial charge in [-0.25, -0.2) is 0 Å².